The zero-order chi connectivity index (χ0) is 14.2. The van der Waals surface area contributed by atoms with Crippen molar-refractivity contribution in [3.63, 3.8) is 0 Å². The summed E-state index contributed by atoms with van der Waals surface area (Å²) in [6.45, 7) is 9.83. The Morgan fingerprint density at radius 1 is 1.25 bits per heavy atom. The van der Waals surface area contributed by atoms with Gasteiger partial charge in [-0.2, -0.15) is 0 Å². The van der Waals surface area contributed by atoms with Crippen molar-refractivity contribution < 1.29 is 4.74 Å². The molecule has 0 radical (unpaired) electrons. The summed E-state index contributed by atoms with van der Waals surface area (Å²) in [5.41, 5.74) is 1.26. The van der Waals surface area contributed by atoms with Gasteiger partial charge in [0.2, 0.25) is 0 Å². The monoisotopic (exact) mass is 276 g/mol. The number of hydrogen-bond donors (Lipinski definition) is 1. The van der Waals surface area contributed by atoms with Crippen LogP contribution < -0.4 is 15.0 Å². The Balaban J connectivity index is 1.75. The van der Waals surface area contributed by atoms with Gasteiger partial charge in [-0.25, -0.2) is 0 Å². The van der Waals surface area contributed by atoms with Crippen molar-refractivity contribution in [3.8, 4) is 5.75 Å². The molecule has 1 aliphatic rings. The minimum Gasteiger partial charge on any atom is -0.491 e. The molecule has 1 aromatic carbocycles. The minimum atomic E-state index is 0.740. The van der Waals surface area contributed by atoms with E-state index in [-0.39, 0.29) is 0 Å². The Morgan fingerprint density at radius 3 is 2.95 bits per heavy atom. The highest BCUT2D eigenvalue weighted by atomic mass is 16.5. The van der Waals surface area contributed by atoms with E-state index in [1.807, 2.05) is 0 Å². The Kier molecular flexibility index (Phi) is 6.19. The summed E-state index contributed by atoms with van der Waals surface area (Å²) in [6, 6.07) is 8.42. The van der Waals surface area contributed by atoms with Gasteiger partial charge < -0.3 is 15.0 Å². The first-order valence-electron chi connectivity index (χ1n) is 7.95. The summed E-state index contributed by atoms with van der Waals surface area (Å²) >= 11 is 0. The number of unbranched alkanes of at least 4 members (excludes halogenated alkanes) is 1. The van der Waals surface area contributed by atoms with Crippen molar-refractivity contribution in [2.75, 3.05) is 37.7 Å². The lowest BCUT2D eigenvalue weighted by molar-refractivity contribution is 0.322. The van der Waals surface area contributed by atoms with E-state index in [9.17, 15) is 0 Å². The molecule has 0 bridgehead atoms. The highest BCUT2D eigenvalue weighted by Gasteiger charge is 2.14. The maximum atomic E-state index is 5.80. The highest BCUT2D eigenvalue weighted by molar-refractivity contribution is 5.58. The number of hydrogen-bond acceptors (Lipinski definition) is 3. The van der Waals surface area contributed by atoms with Crippen LogP contribution >= 0.6 is 0 Å². The number of ether oxygens (including phenoxy) is 1. The van der Waals surface area contributed by atoms with Gasteiger partial charge in [0.15, 0.2) is 0 Å². The average molecular weight is 276 g/mol. The molecule has 0 aliphatic carbocycles. The third kappa shape index (κ3) is 4.71. The number of benzene rings is 1. The first-order valence-corrected chi connectivity index (χ1v) is 7.95. The van der Waals surface area contributed by atoms with Gasteiger partial charge in [0, 0.05) is 13.1 Å². The molecule has 3 nitrogen and oxygen atoms in total. The molecule has 0 fully saturated rings. The second-order valence-corrected chi connectivity index (χ2v) is 5.96. The maximum Gasteiger partial charge on any atom is 0.142 e. The number of fused-ring (bicyclic) bond motifs is 1. The summed E-state index contributed by atoms with van der Waals surface area (Å²) < 4.78 is 5.80. The van der Waals surface area contributed by atoms with E-state index < -0.39 is 0 Å². The molecule has 0 saturated carbocycles. The molecule has 0 spiro atoms. The Labute approximate surface area is 123 Å². The SMILES string of the molecule is CC(C)CNCCCCN1CCCOc2ccccc21. The molecule has 1 N–H and O–H groups in total. The number of nitrogens with zero attached hydrogens (tertiary/aromatic N) is 1. The van der Waals surface area contributed by atoms with E-state index in [4.69, 9.17) is 4.74 Å². The minimum absolute atomic E-state index is 0.740. The van der Waals surface area contributed by atoms with Gasteiger partial charge >= 0.3 is 0 Å². The van der Waals surface area contributed by atoms with E-state index in [1.165, 1.54) is 18.5 Å². The molecular formula is C17H28N2O. The standard InChI is InChI=1S/C17H28N2O/c1-15(2)14-18-10-5-6-11-19-12-7-13-20-17-9-4-3-8-16(17)19/h3-4,8-9,15,18H,5-7,10-14H2,1-2H3. The Morgan fingerprint density at radius 2 is 2.10 bits per heavy atom. The normalized spacial score (nSPS) is 14.8. The molecular weight excluding hydrogens is 248 g/mol. The van der Waals surface area contributed by atoms with Crippen LogP contribution in [0.5, 0.6) is 5.75 Å². The van der Waals surface area contributed by atoms with Gasteiger partial charge in [-0.1, -0.05) is 26.0 Å². The second-order valence-electron chi connectivity index (χ2n) is 5.96. The summed E-state index contributed by atoms with van der Waals surface area (Å²) in [5, 5.41) is 3.51. The molecule has 0 unspecified atom stereocenters. The van der Waals surface area contributed by atoms with Crippen molar-refractivity contribution in [3.05, 3.63) is 24.3 Å². The molecule has 2 rings (SSSR count). The van der Waals surface area contributed by atoms with E-state index in [2.05, 4.69) is 48.3 Å². The summed E-state index contributed by atoms with van der Waals surface area (Å²) in [6.07, 6.45) is 3.59. The Hall–Kier alpha value is -1.22. The van der Waals surface area contributed by atoms with Gasteiger partial charge in [-0.3, -0.25) is 0 Å². The van der Waals surface area contributed by atoms with Crippen LogP contribution in [-0.4, -0.2) is 32.8 Å². The molecule has 0 saturated heterocycles. The third-order valence-corrected chi connectivity index (χ3v) is 3.62. The van der Waals surface area contributed by atoms with Crippen LogP contribution in [0.15, 0.2) is 24.3 Å². The van der Waals surface area contributed by atoms with E-state index in [0.717, 1.165) is 50.9 Å². The molecule has 0 aromatic heterocycles. The summed E-state index contributed by atoms with van der Waals surface area (Å²) in [4.78, 5) is 2.48. The van der Waals surface area contributed by atoms with Crippen molar-refractivity contribution >= 4 is 5.69 Å². The number of anilines is 1. The average Bonchev–Trinajstić information content (AvgIpc) is 2.65. The first kappa shape index (κ1) is 15.2. The van der Waals surface area contributed by atoms with Crippen molar-refractivity contribution in [2.45, 2.75) is 33.1 Å². The molecule has 0 amide bonds. The molecule has 112 valence electrons. The van der Waals surface area contributed by atoms with Crippen LogP contribution in [0.4, 0.5) is 5.69 Å². The van der Waals surface area contributed by atoms with Gasteiger partial charge in [-0.15, -0.1) is 0 Å². The predicted octanol–water partition coefficient (Wildman–Crippen LogP) is 3.30. The van der Waals surface area contributed by atoms with E-state index >= 15 is 0 Å². The largest absolute Gasteiger partial charge is 0.491 e. The predicted molar refractivity (Wildman–Crippen MR) is 85.7 cm³/mol. The molecule has 1 heterocycles. The van der Waals surface area contributed by atoms with Crippen LogP contribution in [0.3, 0.4) is 0 Å². The molecule has 1 aromatic rings. The first-order chi connectivity index (χ1) is 9.77. The van der Waals surface area contributed by atoms with Gasteiger partial charge in [0.05, 0.1) is 12.3 Å². The summed E-state index contributed by atoms with van der Waals surface area (Å²) in [5.74, 6) is 1.78. The fourth-order valence-electron chi connectivity index (χ4n) is 2.57. The zero-order valence-corrected chi connectivity index (χ0v) is 12.9. The topological polar surface area (TPSA) is 24.5 Å². The third-order valence-electron chi connectivity index (χ3n) is 3.62. The van der Waals surface area contributed by atoms with Crippen LogP contribution in [0.25, 0.3) is 0 Å². The van der Waals surface area contributed by atoms with Crippen LogP contribution in [0, 0.1) is 5.92 Å². The lowest BCUT2D eigenvalue weighted by atomic mass is 10.2. The van der Waals surface area contributed by atoms with Gasteiger partial charge in [0.1, 0.15) is 5.75 Å². The van der Waals surface area contributed by atoms with Gasteiger partial charge in [-0.05, 0) is 50.4 Å². The number of nitrogens with one attached hydrogen (secondary N) is 1. The van der Waals surface area contributed by atoms with Crippen LogP contribution in [0.2, 0.25) is 0 Å². The Bertz CT molecular complexity index is 392. The maximum absolute atomic E-state index is 5.80. The number of para-hydroxylation sites is 2. The quantitative estimate of drug-likeness (QED) is 0.773. The lowest BCUT2D eigenvalue weighted by Gasteiger charge is -2.23. The highest BCUT2D eigenvalue weighted by Crippen LogP contribution is 2.30. The molecule has 0 atom stereocenters. The second kappa shape index (κ2) is 8.15. The van der Waals surface area contributed by atoms with Crippen molar-refractivity contribution in [2.24, 2.45) is 5.92 Å². The lowest BCUT2D eigenvalue weighted by Crippen LogP contribution is -2.26. The fraction of sp³-hybridized carbons (Fsp3) is 0.647. The van der Waals surface area contributed by atoms with Gasteiger partial charge in [0.25, 0.3) is 0 Å². The summed E-state index contributed by atoms with van der Waals surface area (Å²) in [7, 11) is 0. The van der Waals surface area contributed by atoms with Crippen molar-refractivity contribution in [1.82, 2.24) is 5.32 Å². The smallest absolute Gasteiger partial charge is 0.142 e. The molecule has 20 heavy (non-hydrogen) atoms. The number of rotatable bonds is 7. The van der Waals surface area contributed by atoms with Crippen LogP contribution in [-0.2, 0) is 0 Å². The van der Waals surface area contributed by atoms with E-state index in [1.54, 1.807) is 0 Å². The van der Waals surface area contributed by atoms with E-state index in [0.29, 0.717) is 0 Å². The van der Waals surface area contributed by atoms with Crippen LogP contribution in [0.1, 0.15) is 33.1 Å². The zero-order valence-electron chi connectivity index (χ0n) is 12.9. The molecule has 3 heteroatoms. The van der Waals surface area contributed by atoms with Crippen molar-refractivity contribution in [1.29, 1.82) is 0 Å². The molecule has 1 aliphatic heterocycles. The fourth-order valence-corrected chi connectivity index (χ4v) is 2.57.